The summed E-state index contributed by atoms with van der Waals surface area (Å²) in [5.74, 6) is -0.850. The third-order valence-corrected chi connectivity index (χ3v) is 5.26. The van der Waals surface area contributed by atoms with Gasteiger partial charge in [0.15, 0.2) is 0 Å². The van der Waals surface area contributed by atoms with Crippen molar-refractivity contribution in [3.8, 4) is 0 Å². The van der Waals surface area contributed by atoms with Gasteiger partial charge in [-0.05, 0) is 57.9 Å². The largest absolute Gasteiger partial charge is 0.391 e. The Labute approximate surface area is 159 Å². The standard InChI is InChI=1S/C22H24N2O3/c1-13-11-14(2)18(15(3)12-13)19-22(5,16(4)27-24-19)21(26)23-20(25)17-9-7-6-8-10-17/h6-12,16H,1-5H3,(H,23,25,26)/t16-,22-/m1/s1. The molecule has 1 aliphatic heterocycles. The van der Waals surface area contributed by atoms with E-state index in [9.17, 15) is 9.59 Å². The third kappa shape index (κ3) is 3.25. The number of carbonyl (C=O) groups is 2. The summed E-state index contributed by atoms with van der Waals surface area (Å²) in [6.45, 7) is 9.59. The zero-order chi connectivity index (χ0) is 19.8. The first-order chi connectivity index (χ1) is 12.7. The minimum atomic E-state index is -1.07. The van der Waals surface area contributed by atoms with E-state index >= 15 is 0 Å². The number of nitrogens with zero attached hydrogens (tertiary/aromatic N) is 1. The Morgan fingerprint density at radius 3 is 2.26 bits per heavy atom. The van der Waals surface area contributed by atoms with Gasteiger partial charge < -0.3 is 4.84 Å². The van der Waals surface area contributed by atoms with Crippen LogP contribution in [-0.4, -0.2) is 23.6 Å². The average molecular weight is 364 g/mol. The molecule has 1 N–H and O–H groups in total. The molecule has 3 rings (SSSR count). The molecular formula is C22H24N2O3. The summed E-state index contributed by atoms with van der Waals surface area (Å²) in [5.41, 5.74) is 4.01. The number of nitrogens with one attached hydrogen (secondary N) is 1. The summed E-state index contributed by atoms with van der Waals surface area (Å²) in [4.78, 5) is 31.1. The highest BCUT2D eigenvalue weighted by atomic mass is 16.6. The number of imide groups is 1. The van der Waals surface area contributed by atoms with Gasteiger partial charge in [0.25, 0.3) is 5.91 Å². The third-order valence-electron chi connectivity index (χ3n) is 5.26. The molecule has 0 unspecified atom stereocenters. The Kier molecular flexibility index (Phi) is 4.87. The van der Waals surface area contributed by atoms with Crippen LogP contribution >= 0.6 is 0 Å². The summed E-state index contributed by atoms with van der Waals surface area (Å²) in [6, 6.07) is 12.8. The van der Waals surface area contributed by atoms with E-state index < -0.39 is 23.3 Å². The van der Waals surface area contributed by atoms with Crippen molar-refractivity contribution >= 4 is 17.5 Å². The van der Waals surface area contributed by atoms with E-state index in [1.165, 1.54) is 0 Å². The molecule has 0 fully saturated rings. The summed E-state index contributed by atoms with van der Waals surface area (Å²) in [6.07, 6.45) is -0.490. The molecule has 0 aliphatic carbocycles. The van der Waals surface area contributed by atoms with Gasteiger partial charge in [-0.1, -0.05) is 41.1 Å². The number of benzene rings is 2. The lowest BCUT2D eigenvalue weighted by Gasteiger charge is -2.28. The molecular weight excluding hydrogens is 340 g/mol. The van der Waals surface area contributed by atoms with Crippen molar-refractivity contribution in [1.29, 1.82) is 0 Å². The van der Waals surface area contributed by atoms with Crippen LogP contribution in [0.25, 0.3) is 0 Å². The number of hydrogen-bond donors (Lipinski definition) is 1. The van der Waals surface area contributed by atoms with Crippen LogP contribution in [0.4, 0.5) is 0 Å². The smallest absolute Gasteiger partial charge is 0.257 e. The molecule has 5 nitrogen and oxygen atoms in total. The van der Waals surface area contributed by atoms with Gasteiger partial charge in [0, 0.05) is 11.1 Å². The number of oxime groups is 1. The number of aryl methyl sites for hydroxylation is 3. The van der Waals surface area contributed by atoms with Gasteiger partial charge in [-0.2, -0.15) is 0 Å². The van der Waals surface area contributed by atoms with Crippen LogP contribution in [0.2, 0.25) is 0 Å². The first-order valence-electron chi connectivity index (χ1n) is 8.98. The molecule has 0 saturated heterocycles. The van der Waals surface area contributed by atoms with Crippen LogP contribution in [0, 0.1) is 26.2 Å². The van der Waals surface area contributed by atoms with E-state index in [-0.39, 0.29) is 0 Å². The lowest BCUT2D eigenvalue weighted by atomic mass is 9.75. The van der Waals surface area contributed by atoms with Gasteiger partial charge in [-0.15, -0.1) is 0 Å². The number of rotatable bonds is 3. The minimum absolute atomic E-state index is 0.417. The van der Waals surface area contributed by atoms with Crippen LogP contribution < -0.4 is 5.32 Å². The zero-order valence-electron chi connectivity index (χ0n) is 16.3. The molecule has 5 heteroatoms. The van der Waals surface area contributed by atoms with Crippen molar-refractivity contribution in [2.75, 3.05) is 0 Å². The molecule has 1 heterocycles. The minimum Gasteiger partial charge on any atom is -0.391 e. The van der Waals surface area contributed by atoms with E-state index in [0.717, 1.165) is 22.3 Å². The van der Waals surface area contributed by atoms with E-state index in [2.05, 4.69) is 22.6 Å². The lowest BCUT2D eigenvalue weighted by molar-refractivity contribution is -0.129. The maximum Gasteiger partial charge on any atom is 0.257 e. The van der Waals surface area contributed by atoms with Crippen molar-refractivity contribution in [3.05, 3.63) is 70.3 Å². The molecule has 2 amide bonds. The first kappa shape index (κ1) is 18.8. The molecule has 0 radical (unpaired) electrons. The monoisotopic (exact) mass is 364 g/mol. The Morgan fingerprint density at radius 2 is 1.67 bits per heavy atom. The maximum atomic E-state index is 13.1. The van der Waals surface area contributed by atoms with Crippen molar-refractivity contribution in [2.45, 2.75) is 40.7 Å². The van der Waals surface area contributed by atoms with Crippen molar-refractivity contribution < 1.29 is 14.4 Å². The molecule has 2 aromatic carbocycles. The number of carbonyl (C=O) groups excluding carboxylic acids is 2. The second kappa shape index (κ2) is 6.99. The predicted molar refractivity (Wildman–Crippen MR) is 105 cm³/mol. The second-order valence-corrected chi connectivity index (χ2v) is 7.31. The SMILES string of the molecule is Cc1cc(C)c(C2=NO[C@H](C)[C@@]2(C)C(=O)NC(=O)c2ccccc2)c(C)c1. The predicted octanol–water partition coefficient (Wildman–Crippen LogP) is 3.70. The Hall–Kier alpha value is -2.95. The van der Waals surface area contributed by atoms with Crippen LogP contribution in [-0.2, 0) is 9.63 Å². The van der Waals surface area contributed by atoms with E-state index in [4.69, 9.17) is 4.84 Å². The fourth-order valence-corrected chi connectivity index (χ4v) is 3.57. The quantitative estimate of drug-likeness (QED) is 0.845. The van der Waals surface area contributed by atoms with Gasteiger partial charge in [0.2, 0.25) is 5.91 Å². The molecule has 0 spiro atoms. The summed E-state index contributed by atoms with van der Waals surface area (Å²) in [7, 11) is 0. The summed E-state index contributed by atoms with van der Waals surface area (Å²) >= 11 is 0. The van der Waals surface area contributed by atoms with E-state index in [1.54, 1.807) is 38.1 Å². The highest BCUT2D eigenvalue weighted by Gasteiger charge is 2.51. The van der Waals surface area contributed by atoms with Gasteiger partial charge >= 0.3 is 0 Å². The lowest BCUT2D eigenvalue weighted by Crippen LogP contribution is -2.50. The van der Waals surface area contributed by atoms with Crippen LogP contribution in [0.3, 0.4) is 0 Å². The van der Waals surface area contributed by atoms with Crippen molar-refractivity contribution in [2.24, 2.45) is 10.6 Å². The fraction of sp³-hybridized carbons (Fsp3) is 0.318. The molecule has 2 atom stereocenters. The molecule has 0 aromatic heterocycles. The average Bonchev–Trinajstić information content (AvgIpc) is 2.91. The van der Waals surface area contributed by atoms with E-state index in [1.807, 2.05) is 26.8 Å². The topological polar surface area (TPSA) is 67.8 Å². The maximum absolute atomic E-state index is 13.1. The highest BCUT2D eigenvalue weighted by molar-refractivity contribution is 6.21. The molecule has 0 saturated carbocycles. The van der Waals surface area contributed by atoms with Crippen LogP contribution in [0.5, 0.6) is 0 Å². The first-order valence-corrected chi connectivity index (χ1v) is 8.98. The van der Waals surface area contributed by atoms with Gasteiger partial charge in [0.05, 0.1) is 0 Å². The molecule has 0 bridgehead atoms. The number of hydrogen-bond acceptors (Lipinski definition) is 4. The van der Waals surface area contributed by atoms with Crippen molar-refractivity contribution in [1.82, 2.24) is 5.32 Å². The van der Waals surface area contributed by atoms with Crippen LogP contribution in [0.1, 0.15) is 46.5 Å². The Bertz CT molecular complexity index is 911. The summed E-state index contributed by atoms with van der Waals surface area (Å²) < 4.78 is 0. The van der Waals surface area contributed by atoms with Crippen LogP contribution in [0.15, 0.2) is 47.6 Å². The number of amides is 2. The normalized spacial score (nSPS) is 21.4. The Morgan fingerprint density at radius 1 is 1.07 bits per heavy atom. The Balaban J connectivity index is 1.96. The van der Waals surface area contributed by atoms with Gasteiger partial charge in [-0.3, -0.25) is 14.9 Å². The van der Waals surface area contributed by atoms with Gasteiger partial charge in [-0.25, -0.2) is 0 Å². The van der Waals surface area contributed by atoms with Gasteiger partial charge in [0.1, 0.15) is 17.2 Å². The molecule has 2 aromatic rings. The van der Waals surface area contributed by atoms with Crippen molar-refractivity contribution in [3.63, 3.8) is 0 Å². The molecule has 1 aliphatic rings. The second-order valence-electron chi connectivity index (χ2n) is 7.31. The van der Waals surface area contributed by atoms with E-state index in [0.29, 0.717) is 11.3 Å². The zero-order valence-corrected chi connectivity index (χ0v) is 16.3. The fourth-order valence-electron chi connectivity index (χ4n) is 3.57. The molecule has 27 heavy (non-hydrogen) atoms. The summed E-state index contributed by atoms with van der Waals surface area (Å²) in [5, 5.41) is 6.76. The molecule has 140 valence electrons. The highest BCUT2D eigenvalue weighted by Crippen LogP contribution is 2.37.